The van der Waals surface area contributed by atoms with Crippen molar-refractivity contribution in [2.24, 2.45) is 5.41 Å². The van der Waals surface area contributed by atoms with Crippen LogP contribution in [-0.2, 0) is 0 Å². The molecule has 2 rings (SSSR count). The Bertz CT molecular complexity index is 213. The molecule has 1 aliphatic carbocycles. The van der Waals surface area contributed by atoms with Crippen molar-refractivity contribution in [2.75, 3.05) is 19.6 Å². The van der Waals surface area contributed by atoms with E-state index in [0.717, 1.165) is 12.1 Å². The van der Waals surface area contributed by atoms with Crippen LogP contribution in [0.15, 0.2) is 0 Å². The van der Waals surface area contributed by atoms with Crippen LogP contribution < -0.4 is 5.32 Å². The van der Waals surface area contributed by atoms with E-state index in [9.17, 15) is 0 Å². The predicted molar refractivity (Wildman–Crippen MR) is 65.1 cm³/mol. The molecule has 0 aromatic heterocycles. The van der Waals surface area contributed by atoms with Crippen LogP contribution in [0.25, 0.3) is 0 Å². The lowest BCUT2D eigenvalue weighted by molar-refractivity contribution is 0.0504. The summed E-state index contributed by atoms with van der Waals surface area (Å²) in [7, 11) is 0. The molecule has 0 amide bonds. The number of nitrogens with one attached hydrogen (secondary N) is 1. The molecule has 2 atom stereocenters. The van der Waals surface area contributed by atoms with Crippen LogP contribution in [0.3, 0.4) is 0 Å². The first-order chi connectivity index (χ1) is 7.15. The highest BCUT2D eigenvalue weighted by molar-refractivity contribution is 4.95. The topological polar surface area (TPSA) is 15.3 Å². The van der Waals surface area contributed by atoms with Crippen molar-refractivity contribution in [3.63, 3.8) is 0 Å². The van der Waals surface area contributed by atoms with Gasteiger partial charge in [0.1, 0.15) is 0 Å². The molecule has 2 fully saturated rings. The van der Waals surface area contributed by atoms with Gasteiger partial charge in [-0.2, -0.15) is 0 Å². The molecular weight excluding hydrogens is 184 g/mol. The van der Waals surface area contributed by atoms with Crippen molar-refractivity contribution in [2.45, 2.75) is 58.5 Å². The highest BCUT2D eigenvalue weighted by atomic mass is 15.2. The third-order valence-electron chi connectivity index (χ3n) is 4.47. The van der Waals surface area contributed by atoms with Gasteiger partial charge in [-0.3, -0.25) is 4.90 Å². The minimum Gasteiger partial charge on any atom is -0.314 e. The Balaban J connectivity index is 2.07. The first-order valence-corrected chi connectivity index (χ1v) is 6.61. The average Bonchev–Trinajstić information content (AvgIpc) is 2.58. The van der Waals surface area contributed by atoms with E-state index in [-0.39, 0.29) is 0 Å². The van der Waals surface area contributed by atoms with E-state index in [1.54, 1.807) is 0 Å². The second-order valence-electron chi connectivity index (χ2n) is 5.90. The molecule has 2 nitrogen and oxygen atoms in total. The molecule has 1 aliphatic heterocycles. The number of piperazine rings is 1. The van der Waals surface area contributed by atoms with Gasteiger partial charge in [-0.25, -0.2) is 0 Å². The molecule has 1 heterocycles. The van der Waals surface area contributed by atoms with E-state index in [1.165, 1.54) is 45.3 Å². The van der Waals surface area contributed by atoms with Crippen LogP contribution in [0.2, 0.25) is 0 Å². The van der Waals surface area contributed by atoms with Gasteiger partial charge in [-0.15, -0.1) is 0 Å². The van der Waals surface area contributed by atoms with Crippen molar-refractivity contribution in [3.8, 4) is 0 Å². The summed E-state index contributed by atoms with van der Waals surface area (Å²) < 4.78 is 0. The number of hydrogen-bond donors (Lipinski definition) is 1. The molecule has 88 valence electrons. The molecule has 0 spiro atoms. The van der Waals surface area contributed by atoms with Crippen molar-refractivity contribution < 1.29 is 0 Å². The minimum absolute atomic E-state index is 0.546. The van der Waals surface area contributed by atoms with Crippen LogP contribution in [0.1, 0.15) is 46.5 Å². The molecule has 2 heteroatoms. The summed E-state index contributed by atoms with van der Waals surface area (Å²) in [6, 6.07) is 1.62. The summed E-state index contributed by atoms with van der Waals surface area (Å²) in [5.41, 5.74) is 0.546. The molecule has 1 saturated heterocycles. The second-order valence-corrected chi connectivity index (χ2v) is 5.90. The number of nitrogens with zero attached hydrogens (tertiary/aromatic N) is 1. The van der Waals surface area contributed by atoms with Gasteiger partial charge >= 0.3 is 0 Å². The van der Waals surface area contributed by atoms with Gasteiger partial charge in [0.2, 0.25) is 0 Å². The van der Waals surface area contributed by atoms with Gasteiger partial charge in [-0.1, -0.05) is 27.2 Å². The standard InChI is InChI=1S/C13H26N2/c1-4-11-10-14-8-9-15(11)12-6-5-7-13(12,2)3/h11-12,14H,4-10H2,1-3H3. The van der Waals surface area contributed by atoms with Crippen LogP contribution >= 0.6 is 0 Å². The van der Waals surface area contributed by atoms with Crippen LogP contribution in [0, 0.1) is 5.41 Å². The van der Waals surface area contributed by atoms with Crippen molar-refractivity contribution in [3.05, 3.63) is 0 Å². The summed E-state index contributed by atoms with van der Waals surface area (Å²) >= 11 is 0. The second kappa shape index (κ2) is 4.42. The fraction of sp³-hybridized carbons (Fsp3) is 1.00. The Kier molecular flexibility index (Phi) is 3.36. The minimum atomic E-state index is 0.546. The molecule has 2 unspecified atom stereocenters. The molecule has 15 heavy (non-hydrogen) atoms. The highest BCUT2D eigenvalue weighted by Crippen LogP contribution is 2.41. The number of hydrogen-bond acceptors (Lipinski definition) is 2. The zero-order chi connectivity index (χ0) is 10.9. The SMILES string of the molecule is CCC1CNCCN1C1CCCC1(C)C. The molecule has 2 aliphatic rings. The zero-order valence-electron chi connectivity index (χ0n) is 10.6. The van der Waals surface area contributed by atoms with Crippen LogP contribution in [0.5, 0.6) is 0 Å². The lowest BCUT2D eigenvalue weighted by Gasteiger charge is -2.45. The maximum Gasteiger partial charge on any atom is 0.0221 e. The maximum atomic E-state index is 3.52. The predicted octanol–water partition coefficient (Wildman–Crippen LogP) is 2.25. The molecular formula is C13H26N2. The monoisotopic (exact) mass is 210 g/mol. The van der Waals surface area contributed by atoms with Gasteiger partial charge in [-0.05, 0) is 24.7 Å². The van der Waals surface area contributed by atoms with E-state index in [2.05, 4.69) is 31.0 Å². The Morgan fingerprint density at radius 1 is 1.40 bits per heavy atom. The lowest BCUT2D eigenvalue weighted by Crippen LogP contribution is -2.57. The Labute approximate surface area is 94.4 Å². The van der Waals surface area contributed by atoms with E-state index in [4.69, 9.17) is 0 Å². The number of rotatable bonds is 2. The van der Waals surface area contributed by atoms with Crippen molar-refractivity contribution in [1.29, 1.82) is 0 Å². The van der Waals surface area contributed by atoms with Crippen LogP contribution in [0.4, 0.5) is 0 Å². The molecule has 0 bridgehead atoms. The van der Waals surface area contributed by atoms with E-state index in [0.29, 0.717) is 5.41 Å². The molecule has 1 saturated carbocycles. The van der Waals surface area contributed by atoms with Gasteiger partial charge < -0.3 is 5.32 Å². The van der Waals surface area contributed by atoms with E-state index < -0.39 is 0 Å². The van der Waals surface area contributed by atoms with Crippen molar-refractivity contribution in [1.82, 2.24) is 10.2 Å². The fourth-order valence-electron chi connectivity index (χ4n) is 3.49. The summed E-state index contributed by atoms with van der Waals surface area (Å²) in [5.74, 6) is 0. The molecule has 0 aromatic carbocycles. The van der Waals surface area contributed by atoms with Crippen LogP contribution in [-0.4, -0.2) is 36.6 Å². The first-order valence-electron chi connectivity index (χ1n) is 6.61. The van der Waals surface area contributed by atoms with Crippen molar-refractivity contribution >= 4 is 0 Å². The average molecular weight is 210 g/mol. The zero-order valence-corrected chi connectivity index (χ0v) is 10.6. The van der Waals surface area contributed by atoms with E-state index in [1.807, 2.05) is 0 Å². The first kappa shape index (κ1) is 11.4. The molecule has 0 radical (unpaired) electrons. The van der Waals surface area contributed by atoms with E-state index >= 15 is 0 Å². The Morgan fingerprint density at radius 2 is 2.20 bits per heavy atom. The summed E-state index contributed by atoms with van der Waals surface area (Å²) in [6.45, 7) is 10.9. The van der Waals surface area contributed by atoms with Gasteiger partial charge in [0.25, 0.3) is 0 Å². The Hall–Kier alpha value is -0.0800. The van der Waals surface area contributed by atoms with Gasteiger partial charge in [0.15, 0.2) is 0 Å². The molecule has 1 N–H and O–H groups in total. The normalized spacial score (nSPS) is 37.0. The smallest absolute Gasteiger partial charge is 0.0221 e. The molecule has 0 aromatic rings. The summed E-state index contributed by atoms with van der Waals surface area (Å²) in [4.78, 5) is 2.80. The maximum absolute atomic E-state index is 3.52. The fourth-order valence-corrected chi connectivity index (χ4v) is 3.49. The lowest BCUT2D eigenvalue weighted by atomic mass is 9.85. The van der Waals surface area contributed by atoms with Gasteiger partial charge in [0.05, 0.1) is 0 Å². The highest BCUT2D eigenvalue weighted by Gasteiger charge is 2.40. The third-order valence-corrected chi connectivity index (χ3v) is 4.47. The summed E-state index contributed by atoms with van der Waals surface area (Å²) in [6.07, 6.45) is 5.55. The Morgan fingerprint density at radius 3 is 2.80 bits per heavy atom. The largest absolute Gasteiger partial charge is 0.314 e. The third kappa shape index (κ3) is 2.21. The van der Waals surface area contributed by atoms with Gasteiger partial charge in [0, 0.05) is 31.7 Å². The summed E-state index contributed by atoms with van der Waals surface area (Å²) in [5, 5.41) is 3.52. The quantitative estimate of drug-likeness (QED) is 0.752.